The summed E-state index contributed by atoms with van der Waals surface area (Å²) >= 11 is 5.00. The van der Waals surface area contributed by atoms with E-state index in [2.05, 4.69) is 56.9 Å². The second-order valence-corrected chi connectivity index (χ2v) is 8.73. The summed E-state index contributed by atoms with van der Waals surface area (Å²) < 4.78 is 8.48. The molecule has 8 heteroatoms. The van der Waals surface area contributed by atoms with E-state index in [1.807, 2.05) is 19.1 Å². The van der Waals surface area contributed by atoms with E-state index in [0.717, 1.165) is 28.0 Å². The summed E-state index contributed by atoms with van der Waals surface area (Å²) in [6.07, 6.45) is 0.284. The normalized spacial score (nSPS) is 22.8. The maximum absolute atomic E-state index is 10.9. The van der Waals surface area contributed by atoms with Crippen LogP contribution >= 0.6 is 27.3 Å². The summed E-state index contributed by atoms with van der Waals surface area (Å²) in [5.74, 6) is 0.831. The van der Waals surface area contributed by atoms with Crippen molar-refractivity contribution in [1.29, 1.82) is 0 Å². The van der Waals surface area contributed by atoms with Gasteiger partial charge in [0.1, 0.15) is 5.82 Å². The van der Waals surface area contributed by atoms with Crippen molar-refractivity contribution in [3.63, 3.8) is 0 Å². The van der Waals surface area contributed by atoms with Gasteiger partial charge in [0.25, 0.3) is 0 Å². The molecule has 1 aliphatic heterocycles. The Morgan fingerprint density at radius 1 is 1.23 bits per heavy atom. The van der Waals surface area contributed by atoms with Gasteiger partial charge in [-0.05, 0) is 38.5 Å². The molecule has 3 aromatic rings. The van der Waals surface area contributed by atoms with Gasteiger partial charge in [-0.2, -0.15) is 4.52 Å². The van der Waals surface area contributed by atoms with Gasteiger partial charge in [0.2, 0.25) is 10.8 Å². The molecule has 0 spiro atoms. The Balaban J connectivity index is 1.82. The number of aromatic nitrogens is 3. The van der Waals surface area contributed by atoms with Crippen molar-refractivity contribution in [3.05, 3.63) is 45.0 Å². The Morgan fingerprint density at radius 3 is 2.50 bits per heavy atom. The zero-order valence-corrected chi connectivity index (χ0v) is 17.3. The summed E-state index contributed by atoms with van der Waals surface area (Å²) in [5.41, 5.74) is 1.13. The van der Waals surface area contributed by atoms with E-state index in [9.17, 15) is 5.11 Å². The third-order valence-electron chi connectivity index (χ3n) is 4.55. The molecule has 26 heavy (non-hydrogen) atoms. The number of hydrogen-bond acceptors (Lipinski definition) is 6. The van der Waals surface area contributed by atoms with E-state index in [-0.39, 0.29) is 24.1 Å². The van der Waals surface area contributed by atoms with E-state index < -0.39 is 0 Å². The van der Waals surface area contributed by atoms with Crippen LogP contribution in [0.25, 0.3) is 4.96 Å². The Labute approximate surface area is 164 Å². The highest BCUT2D eigenvalue weighted by molar-refractivity contribution is 9.10. The molecular weight excluding hydrogens is 416 g/mol. The molecule has 3 atom stereocenters. The molecule has 1 aliphatic rings. The lowest BCUT2D eigenvalue weighted by Crippen LogP contribution is -2.47. The molecule has 2 aromatic heterocycles. The van der Waals surface area contributed by atoms with Crippen molar-refractivity contribution in [2.24, 2.45) is 0 Å². The molecule has 6 nitrogen and oxygen atoms in total. The fourth-order valence-corrected chi connectivity index (χ4v) is 5.05. The molecule has 0 amide bonds. The van der Waals surface area contributed by atoms with Crippen LogP contribution in [-0.4, -0.2) is 49.9 Å². The summed E-state index contributed by atoms with van der Waals surface area (Å²) in [4.78, 5) is 8.37. The fourth-order valence-electron chi connectivity index (χ4n) is 3.63. The largest absolute Gasteiger partial charge is 0.492 e. The van der Waals surface area contributed by atoms with Crippen LogP contribution in [0.4, 0.5) is 0 Å². The first-order valence-corrected chi connectivity index (χ1v) is 10.2. The number of benzene rings is 1. The molecule has 3 heterocycles. The number of rotatable bonds is 3. The molecule has 1 aromatic carbocycles. The lowest BCUT2D eigenvalue weighted by atomic mass is 10.0. The summed E-state index contributed by atoms with van der Waals surface area (Å²) in [6, 6.07) is 8.20. The van der Waals surface area contributed by atoms with E-state index in [0.29, 0.717) is 10.8 Å². The Bertz CT molecular complexity index is 913. The quantitative estimate of drug-likeness (QED) is 0.676. The molecule has 0 radical (unpaired) electrons. The van der Waals surface area contributed by atoms with Gasteiger partial charge in [0.05, 0.1) is 23.1 Å². The number of aromatic hydroxyl groups is 1. The van der Waals surface area contributed by atoms with Crippen LogP contribution in [-0.2, 0) is 4.74 Å². The van der Waals surface area contributed by atoms with Crippen molar-refractivity contribution in [2.75, 3.05) is 13.1 Å². The predicted molar refractivity (Wildman–Crippen MR) is 105 cm³/mol. The van der Waals surface area contributed by atoms with Gasteiger partial charge in [-0.15, -0.1) is 5.10 Å². The van der Waals surface area contributed by atoms with Gasteiger partial charge in [-0.3, -0.25) is 4.90 Å². The monoisotopic (exact) mass is 436 g/mol. The van der Waals surface area contributed by atoms with Crippen LogP contribution in [0.2, 0.25) is 0 Å². The van der Waals surface area contributed by atoms with E-state index >= 15 is 0 Å². The molecule has 4 rings (SSSR count). The van der Waals surface area contributed by atoms with Crippen LogP contribution in [0.1, 0.15) is 36.2 Å². The summed E-state index contributed by atoms with van der Waals surface area (Å²) in [6.45, 7) is 7.62. The highest BCUT2D eigenvalue weighted by Gasteiger charge is 2.34. The number of fused-ring (bicyclic) bond motifs is 1. The van der Waals surface area contributed by atoms with Crippen molar-refractivity contribution in [2.45, 2.75) is 39.0 Å². The van der Waals surface area contributed by atoms with Gasteiger partial charge < -0.3 is 9.84 Å². The lowest BCUT2D eigenvalue weighted by Gasteiger charge is -2.40. The third-order valence-corrected chi connectivity index (χ3v) is 6.15. The van der Waals surface area contributed by atoms with Gasteiger partial charge in [-0.1, -0.05) is 39.4 Å². The maximum atomic E-state index is 10.9. The molecule has 0 saturated carbocycles. The van der Waals surface area contributed by atoms with Crippen molar-refractivity contribution >= 4 is 32.2 Å². The average molecular weight is 437 g/mol. The van der Waals surface area contributed by atoms with Crippen LogP contribution < -0.4 is 0 Å². The standard InChI is InChI=1S/C18H21BrN4O2S/c1-10-8-22(9-11(2)25-10)15(13-4-6-14(19)7-5-13)16-17(24)23-18(26-16)20-12(3)21-23/h4-7,10-11,15,24H,8-9H2,1-3H3/t10-,11-,15-/m1/s1. The van der Waals surface area contributed by atoms with Gasteiger partial charge >= 0.3 is 0 Å². The number of aryl methyl sites for hydroxylation is 1. The summed E-state index contributed by atoms with van der Waals surface area (Å²) in [5, 5.41) is 15.2. The molecule has 1 N–H and O–H groups in total. The van der Waals surface area contributed by atoms with Gasteiger partial charge in [-0.25, -0.2) is 4.98 Å². The Hall–Kier alpha value is -1.48. The topological polar surface area (TPSA) is 62.9 Å². The van der Waals surface area contributed by atoms with Crippen LogP contribution in [0.5, 0.6) is 5.88 Å². The second kappa shape index (κ2) is 6.92. The van der Waals surface area contributed by atoms with Crippen molar-refractivity contribution in [1.82, 2.24) is 19.5 Å². The van der Waals surface area contributed by atoms with Crippen molar-refractivity contribution < 1.29 is 9.84 Å². The van der Waals surface area contributed by atoms with Crippen molar-refractivity contribution in [3.8, 4) is 5.88 Å². The third kappa shape index (κ3) is 3.26. The number of hydrogen-bond donors (Lipinski definition) is 1. The first-order valence-electron chi connectivity index (χ1n) is 8.62. The second-order valence-electron chi connectivity index (χ2n) is 6.81. The lowest BCUT2D eigenvalue weighted by molar-refractivity contribution is -0.0764. The first kappa shape index (κ1) is 17.9. The van der Waals surface area contributed by atoms with Crippen LogP contribution in [0, 0.1) is 6.92 Å². The smallest absolute Gasteiger partial charge is 0.230 e. The number of ether oxygens (including phenoxy) is 1. The number of halogens is 1. The number of nitrogens with zero attached hydrogens (tertiary/aromatic N) is 4. The molecule has 138 valence electrons. The highest BCUT2D eigenvalue weighted by Crippen LogP contribution is 2.41. The molecule has 0 bridgehead atoms. The van der Waals surface area contributed by atoms with E-state index in [1.54, 1.807) is 0 Å². The number of morpholine rings is 1. The van der Waals surface area contributed by atoms with Crippen LogP contribution in [0.15, 0.2) is 28.7 Å². The SMILES string of the molecule is Cc1nc2sc([C@@H](c3ccc(Br)cc3)N3C[C@@H](C)O[C@H](C)C3)c(O)n2n1. The zero-order valence-electron chi connectivity index (χ0n) is 14.9. The minimum atomic E-state index is -0.0642. The molecule has 1 fully saturated rings. The molecule has 1 saturated heterocycles. The Kier molecular flexibility index (Phi) is 4.77. The zero-order chi connectivity index (χ0) is 18.4. The Morgan fingerprint density at radius 2 is 1.88 bits per heavy atom. The van der Waals surface area contributed by atoms with Crippen LogP contribution in [0.3, 0.4) is 0 Å². The highest BCUT2D eigenvalue weighted by atomic mass is 79.9. The minimum Gasteiger partial charge on any atom is -0.492 e. The fraction of sp³-hybridized carbons (Fsp3) is 0.444. The maximum Gasteiger partial charge on any atom is 0.230 e. The van der Waals surface area contributed by atoms with Gasteiger partial charge in [0.15, 0.2) is 0 Å². The molecule has 0 aliphatic carbocycles. The average Bonchev–Trinajstić information content (AvgIpc) is 3.07. The number of thiazole rings is 1. The van der Waals surface area contributed by atoms with E-state index in [1.165, 1.54) is 15.9 Å². The van der Waals surface area contributed by atoms with Gasteiger partial charge in [0, 0.05) is 17.6 Å². The predicted octanol–water partition coefficient (Wildman–Crippen LogP) is 3.77. The first-order chi connectivity index (χ1) is 12.4. The summed E-state index contributed by atoms with van der Waals surface area (Å²) in [7, 11) is 0. The molecular formula is C18H21BrN4O2S. The molecule has 0 unspecified atom stereocenters. The minimum absolute atomic E-state index is 0.0642. The van der Waals surface area contributed by atoms with E-state index in [4.69, 9.17) is 4.74 Å².